The van der Waals surface area contributed by atoms with Crippen LogP contribution < -0.4 is 0 Å². The summed E-state index contributed by atoms with van der Waals surface area (Å²) in [6, 6.07) is 1.58. The van der Waals surface area contributed by atoms with E-state index in [0.717, 1.165) is 23.3 Å². The summed E-state index contributed by atoms with van der Waals surface area (Å²) in [5, 5.41) is 12.4. The lowest BCUT2D eigenvalue weighted by molar-refractivity contribution is -0.380. The second-order valence-corrected chi connectivity index (χ2v) is 4.42. The Bertz CT molecular complexity index is 399. The minimum Gasteiger partial charge on any atom is -0.300 e. The van der Waals surface area contributed by atoms with Crippen LogP contribution in [-0.2, 0) is 4.79 Å². The number of thiophene rings is 1. The smallest absolute Gasteiger partial charge is 0.300 e. The second-order valence-electron chi connectivity index (χ2n) is 3.53. The van der Waals surface area contributed by atoms with Gasteiger partial charge in [0, 0.05) is 17.4 Å². The number of hydrogen-bond acceptors (Lipinski definition) is 4. The highest BCUT2D eigenvalue weighted by atomic mass is 32.1. The van der Waals surface area contributed by atoms with Gasteiger partial charge in [0.15, 0.2) is 0 Å². The third kappa shape index (κ3) is 1.55. The molecule has 0 radical (unpaired) electrons. The van der Waals surface area contributed by atoms with E-state index in [2.05, 4.69) is 0 Å². The molecule has 2 rings (SSSR count). The van der Waals surface area contributed by atoms with Gasteiger partial charge >= 0.3 is 5.00 Å². The van der Waals surface area contributed by atoms with Crippen LogP contribution in [0.5, 0.6) is 0 Å². The molecule has 1 heterocycles. The van der Waals surface area contributed by atoms with E-state index in [0.29, 0.717) is 0 Å². The molecule has 4 nitrogen and oxygen atoms in total. The van der Waals surface area contributed by atoms with Crippen LogP contribution in [0.2, 0.25) is 0 Å². The molecule has 1 aromatic heterocycles. The van der Waals surface area contributed by atoms with Crippen LogP contribution in [0.1, 0.15) is 24.8 Å². The predicted molar refractivity (Wildman–Crippen MR) is 52.5 cm³/mol. The van der Waals surface area contributed by atoms with Gasteiger partial charge in [0.1, 0.15) is 5.78 Å². The first-order chi connectivity index (χ1) is 6.59. The normalized spacial score (nSPS) is 24.6. The molecule has 0 bridgehead atoms. The van der Waals surface area contributed by atoms with Crippen LogP contribution in [0.4, 0.5) is 5.00 Å². The molecule has 74 valence electrons. The van der Waals surface area contributed by atoms with E-state index in [9.17, 15) is 14.9 Å². The molecule has 0 aliphatic heterocycles. The molecule has 1 aromatic rings. The Kier molecular flexibility index (Phi) is 2.11. The molecule has 0 N–H and O–H groups in total. The van der Waals surface area contributed by atoms with E-state index in [-0.39, 0.29) is 27.5 Å². The summed E-state index contributed by atoms with van der Waals surface area (Å²) >= 11 is 1.13. The van der Waals surface area contributed by atoms with Gasteiger partial charge in [-0.2, -0.15) is 0 Å². The van der Waals surface area contributed by atoms with Crippen molar-refractivity contribution in [1.29, 1.82) is 0 Å². The van der Waals surface area contributed by atoms with E-state index in [4.69, 9.17) is 0 Å². The highest BCUT2D eigenvalue weighted by Gasteiger charge is 2.42. The first-order valence-corrected chi connectivity index (χ1v) is 5.21. The molecule has 0 spiro atoms. The zero-order chi connectivity index (χ0) is 10.3. The molecule has 2 unspecified atom stereocenters. The number of carbonyl (C=O) groups is 1. The summed E-state index contributed by atoms with van der Waals surface area (Å²) in [4.78, 5) is 21.0. The molecule has 1 saturated carbocycles. The van der Waals surface area contributed by atoms with Crippen molar-refractivity contribution in [3.8, 4) is 0 Å². The van der Waals surface area contributed by atoms with E-state index >= 15 is 0 Å². The lowest BCUT2D eigenvalue weighted by Gasteiger charge is -1.90. The Labute approximate surface area is 84.7 Å². The Balaban J connectivity index is 2.12. The standard InChI is InChI=1S/C9H9NO3S/c1-5(11)7-3-8(7)6-2-9(10(12)13)14-4-6/h2,4,7-8H,3H2,1H3. The third-order valence-corrected chi connectivity index (χ3v) is 3.43. The summed E-state index contributed by atoms with van der Waals surface area (Å²) < 4.78 is 0. The largest absolute Gasteiger partial charge is 0.324 e. The topological polar surface area (TPSA) is 60.2 Å². The molecule has 14 heavy (non-hydrogen) atoms. The van der Waals surface area contributed by atoms with E-state index in [1.54, 1.807) is 18.4 Å². The van der Waals surface area contributed by atoms with Crippen molar-refractivity contribution < 1.29 is 9.72 Å². The molecule has 1 aliphatic carbocycles. The first-order valence-electron chi connectivity index (χ1n) is 4.33. The van der Waals surface area contributed by atoms with Gasteiger partial charge in [0.25, 0.3) is 0 Å². The summed E-state index contributed by atoms with van der Waals surface area (Å²) in [5.41, 5.74) is 0.946. The third-order valence-electron chi connectivity index (χ3n) is 2.53. The average Bonchev–Trinajstić information content (AvgIpc) is 2.76. The molecule has 1 fully saturated rings. The van der Waals surface area contributed by atoms with Gasteiger partial charge in [-0.05, 0) is 24.8 Å². The molecule has 5 heteroatoms. The maximum atomic E-state index is 11.0. The van der Waals surface area contributed by atoms with Crippen LogP contribution in [0.15, 0.2) is 11.4 Å². The van der Waals surface area contributed by atoms with Crippen LogP contribution in [0.3, 0.4) is 0 Å². The lowest BCUT2D eigenvalue weighted by atomic mass is 10.1. The summed E-state index contributed by atoms with van der Waals surface area (Å²) in [6.45, 7) is 1.57. The quantitative estimate of drug-likeness (QED) is 0.569. The van der Waals surface area contributed by atoms with Crippen LogP contribution in [0, 0.1) is 16.0 Å². The zero-order valence-corrected chi connectivity index (χ0v) is 8.41. The maximum absolute atomic E-state index is 11.0. The molecule has 0 aromatic carbocycles. The first kappa shape index (κ1) is 9.33. The minimum absolute atomic E-state index is 0.101. The number of carbonyl (C=O) groups excluding carboxylic acids is 1. The highest BCUT2D eigenvalue weighted by Crippen LogP contribution is 2.49. The van der Waals surface area contributed by atoms with Crippen molar-refractivity contribution in [2.75, 3.05) is 0 Å². The molecular weight excluding hydrogens is 202 g/mol. The average molecular weight is 211 g/mol. The highest BCUT2D eigenvalue weighted by molar-refractivity contribution is 7.13. The van der Waals surface area contributed by atoms with Crippen LogP contribution in [-0.4, -0.2) is 10.7 Å². The number of hydrogen-bond donors (Lipinski definition) is 0. The van der Waals surface area contributed by atoms with E-state index in [1.807, 2.05) is 0 Å². The van der Waals surface area contributed by atoms with E-state index in [1.165, 1.54) is 0 Å². The van der Waals surface area contributed by atoms with Gasteiger partial charge in [-0.15, -0.1) is 0 Å². The summed E-state index contributed by atoms with van der Waals surface area (Å²) in [7, 11) is 0. The SMILES string of the molecule is CC(=O)C1CC1c1csc([N+](=O)[O-])c1. The molecular formula is C9H9NO3S. The Morgan fingerprint density at radius 3 is 2.86 bits per heavy atom. The van der Waals surface area contributed by atoms with Crippen molar-refractivity contribution >= 4 is 22.1 Å². The molecule has 0 amide bonds. The summed E-state index contributed by atoms with van der Waals surface area (Å²) in [5.74, 6) is 0.519. The van der Waals surface area contributed by atoms with Crippen molar-refractivity contribution in [1.82, 2.24) is 0 Å². The number of ketones is 1. The van der Waals surface area contributed by atoms with Gasteiger partial charge in [-0.1, -0.05) is 11.3 Å². The fourth-order valence-corrected chi connectivity index (χ4v) is 2.43. The summed E-state index contributed by atoms with van der Waals surface area (Å²) in [6.07, 6.45) is 0.850. The van der Waals surface area contributed by atoms with Crippen LogP contribution in [0.25, 0.3) is 0 Å². The van der Waals surface area contributed by atoms with Crippen molar-refractivity contribution in [3.05, 3.63) is 27.1 Å². The van der Waals surface area contributed by atoms with Gasteiger partial charge < -0.3 is 0 Å². The fraction of sp³-hybridized carbons (Fsp3) is 0.444. The Hall–Kier alpha value is -1.23. The molecule has 0 saturated heterocycles. The maximum Gasteiger partial charge on any atom is 0.324 e. The molecule has 1 aliphatic rings. The van der Waals surface area contributed by atoms with Crippen molar-refractivity contribution in [2.24, 2.45) is 5.92 Å². The van der Waals surface area contributed by atoms with Crippen LogP contribution >= 0.6 is 11.3 Å². The predicted octanol–water partition coefficient (Wildman–Crippen LogP) is 2.35. The second kappa shape index (κ2) is 3.16. The van der Waals surface area contributed by atoms with Crippen molar-refractivity contribution in [3.63, 3.8) is 0 Å². The number of nitrogens with zero attached hydrogens (tertiary/aromatic N) is 1. The zero-order valence-electron chi connectivity index (χ0n) is 7.60. The Morgan fingerprint density at radius 1 is 1.71 bits per heavy atom. The van der Waals surface area contributed by atoms with E-state index < -0.39 is 0 Å². The number of Topliss-reactive ketones (excluding diaryl/α,β-unsaturated/α-hetero) is 1. The fourth-order valence-electron chi connectivity index (χ4n) is 1.64. The monoisotopic (exact) mass is 211 g/mol. The van der Waals surface area contributed by atoms with Gasteiger partial charge in [0.05, 0.1) is 4.92 Å². The number of nitro groups is 1. The van der Waals surface area contributed by atoms with Crippen molar-refractivity contribution in [2.45, 2.75) is 19.3 Å². The van der Waals surface area contributed by atoms with Gasteiger partial charge in [-0.3, -0.25) is 14.9 Å². The Morgan fingerprint density at radius 2 is 2.43 bits per heavy atom. The molecule has 2 atom stereocenters. The van der Waals surface area contributed by atoms with Gasteiger partial charge in [0.2, 0.25) is 0 Å². The minimum atomic E-state index is -0.390. The lowest BCUT2D eigenvalue weighted by Crippen LogP contribution is -1.93. The number of rotatable bonds is 3. The van der Waals surface area contributed by atoms with Gasteiger partial charge in [-0.25, -0.2) is 0 Å².